The average Bonchev–Trinajstić information content (AvgIpc) is 3.53. The molecule has 0 amide bonds. The lowest BCUT2D eigenvalue weighted by Crippen LogP contribution is -2.25. The van der Waals surface area contributed by atoms with E-state index in [2.05, 4.69) is 4.74 Å². The third-order valence-corrected chi connectivity index (χ3v) is 7.01. The van der Waals surface area contributed by atoms with Crippen molar-refractivity contribution in [1.29, 1.82) is 0 Å². The largest absolute Gasteiger partial charge is 0.619 e. The van der Waals surface area contributed by atoms with Crippen molar-refractivity contribution >= 4 is 46.8 Å². The summed E-state index contributed by atoms with van der Waals surface area (Å²) in [5.41, 5.74) is 0.741. The maximum absolute atomic E-state index is 12.9. The third-order valence-electron chi connectivity index (χ3n) is 5.37. The van der Waals surface area contributed by atoms with Crippen LogP contribution in [0.2, 0.25) is 10.0 Å². The van der Waals surface area contributed by atoms with Gasteiger partial charge >= 0.3 is 12.6 Å². The van der Waals surface area contributed by atoms with E-state index in [1.54, 1.807) is 0 Å². The quantitative estimate of drug-likeness (QED) is 0.124. The Morgan fingerprint density at radius 1 is 1.17 bits per heavy atom. The molecule has 1 aliphatic carbocycles. The number of carbonyl (C=O) groups is 2. The molecule has 7 nitrogen and oxygen atoms in total. The maximum atomic E-state index is 12.9. The van der Waals surface area contributed by atoms with Crippen molar-refractivity contribution in [2.24, 2.45) is 5.92 Å². The van der Waals surface area contributed by atoms with Crippen LogP contribution in [-0.2, 0) is 11.2 Å². The van der Waals surface area contributed by atoms with Gasteiger partial charge in [0.1, 0.15) is 21.0 Å². The van der Waals surface area contributed by atoms with Gasteiger partial charge in [-0.2, -0.15) is 13.5 Å². The lowest BCUT2D eigenvalue weighted by Gasteiger charge is -2.21. The number of aldehydes is 1. The van der Waals surface area contributed by atoms with E-state index in [1.165, 1.54) is 30.3 Å². The summed E-state index contributed by atoms with van der Waals surface area (Å²) in [5, 5.41) is 11.8. The van der Waals surface area contributed by atoms with Gasteiger partial charge in [-0.15, -0.1) is 11.3 Å². The fourth-order valence-electron chi connectivity index (χ4n) is 3.37. The van der Waals surface area contributed by atoms with E-state index >= 15 is 0 Å². The highest BCUT2D eigenvalue weighted by molar-refractivity contribution is 7.15. The van der Waals surface area contributed by atoms with Gasteiger partial charge in [0.05, 0.1) is 11.5 Å². The Morgan fingerprint density at radius 2 is 1.89 bits per heavy atom. The molecular formula is C24H19Cl2F2NO6S. The molecule has 1 aromatic carbocycles. The molecule has 1 saturated carbocycles. The highest BCUT2D eigenvalue weighted by Crippen LogP contribution is 2.38. The molecule has 2 heterocycles. The van der Waals surface area contributed by atoms with Crippen LogP contribution >= 0.6 is 34.5 Å². The number of alkyl halides is 2. The van der Waals surface area contributed by atoms with Crippen molar-refractivity contribution in [2.45, 2.75) is 32.0 Å². The summed E-state index contributed by atoms with van der Waals surface area (Å²) in [5.74, 6) is -0.457. The smallest absolute Gasteiger partial charge is 0.387 e. The summed E-state index contributed by atoms with van der Waals surface area (Å²) in [7, 11) is 0. The minimum absolute atomic E-state index is 0.0344. The molecule has 36 heavy (non-hydrogen) atoms. The molecule has 0 N–H and O–H groups in total. The van der Waals surface area contributed by atoms with Crippen LogP contribution in [0.25, 0.3) is 0 Å². The number of nitrogens with zero attached hydrogens (tertiary/aromatic N) is 1. The normalized spacial score (nSPS) is 13.9. The molecule has 12 heteroatoms. The molecule has 190 valence electrons. The SMILES string of the molecule is O=Cc1ccc(C(=O)OC(Cc2c(Cl)c[n+]([O-])cc2Cl)c2ccc(OC(F)F)c(OCC3CC3)c2)s1. The van der Waals surface area contributed by atoms with Crippen LogP contribution in [0, 0.1) is 11.1 Å². The van der Waals surface area contributed by atoms with Crippen LogP contribution in [0.4, 0.5) is 8.78 Å². The zero-order valence-electron chi connectivity index (χ0n) is 18.5. The Bertz CT molecular complexity index is 1240. The predicted octanol–water partition coefficient (Wildman–Crippen LogP) is 6.03. The van der Waals surface area contributed by atoms with Crippen molar-refractivity contribution in [3.8, 4) is 11.5 Å². The average molecular weight is 558 g/mol. The van der Waals surface area contributed by atoms with E-state index < -0.39 is 18.7 Å². The predicted molar refractivity (Wildman–Crippen MR) is 128 cm³/mol. The Labute approximate surface area is 218 Å². The van der Waals surface area contributed by atoms with Gasteiger partial charge in [0.15, 0.2) is 30.2 Å². The van der Waals surface area contributed by atoms with Crippen molar-refractivity contribution in [2.75, 3.05) is 6.61 Å². The molecule has 1 unspecified atom stereocenters. The monoisotopic (exact) mass is 557 g/mol. The molecule has 0 spiro atoms. The van der Waals surface area contributed by atoms with Gasteiger partial charge < -0.3 is 19.4 Å². The summed E-state index contributed by atoms with van der Waals surface area (Å²) < 4.78 is 42.4. The Morgan fingerprint density at radius 3 is 2.50 bits per heavy atom. The highest BCUT2D eigenvalue weighted by Gasteiger charge is 2.27. The van der Waals surface area contributed by atoms with Gasteiger partial charge in [-0.1, -0.05) is 29.3 Å². The van der Waals surface area contributed by atoms with E-state index in [-0.39, 0.29) is 32.8 Å². The fraction of sp³-hybridized carbons (Fsp3) is 0.292. The number of hydrogen-bond acceptors (Lipinski definition) is 7. The lowest BCUT2D eigenvalue weighted by molar-refractivity contribution is -0.605. The Hall–Kier alpha value is -2.95. The number of aromatic nitrogens is 1. The molecule has 1 fully saturated rings. The molecule has 1 atom stereocenters. The minimum Gasteiger partial charge on any atom is -0.619 e. The maximum Gasteiger partial charge on any atom is 0.387 e. The van der Waals surface area contributed by atoms with E-state index in [0.29, 0.717) is 39.5 Å². The van der Waals surface area contributed by atoms with E-state index in [4.69, 9.17) is 32.7 Å². The number of ether oxygens (including phenoxy) is 3. The van der Waals surface area contributed by atoms with Gasteiger partial charge in [-0.25, -0.2) is 4.79 Å². The lowest BCUT2D eigenvalue weighted by atomic mass is 10.0. The van der Waals surface area contributed by atoms with Gasteiger partial charge in [0, 0.05) is 12.0 Å². The number of pyridine rings is 1. The Balaban J connectivity index is 1.68. The zero-order valence-corrected chi connectivity index (χ0v) is 20.8. The molecule has 3 aromatic rings. The molecule has 0 bridgehead atoms. The van der Waals surface area contributed by atoms with Crippen LogP contribution in [0.15, 0.2) is 42.7 Å². The standard InChI is InChI=1S/C24H19Cl2F2NO6S/c25-17-9-29(32)10-18(26)16(17)8-20(34-23(31)22-6-4-15(11-30)36-22)14-3-5-19(35-24(27)28)21(7-14)33-12-13-1-2-13/h3-7,9-11,13,20,24H,1-2,8,12H2. The number of esters is 1. The zero-order chi connectivity index (χ0) is 25.8. The first-order valence-corrected chi connectivity index (χ1v) is 12.3. The molecule has 2 aromatic heterocycles. The first kappa shape index (κ1) is 26.1. The van der Waals surface area contributed by atoms with Crippen LogP contribution in [0.5, 0.6) is 11.5 Å². The first-order chi connectivity index (χ1) is 17.2. The molecule has 1 aliphatic rings. The molecule has 0 saturated heterocycles. The number of benzene rings is 1. The topological polar surface area (TPSA) is 88.8 Å². The van der Waals surface area contributed by atoms with Crippen molar-refractivity contribution < 1.29 is 37.3 Å². The first-order valence-electron chi connectivity index (χ1n) is 10.8. The van der Waals surface area contributed by atoms with E-state index in [9.17, 15) is 23.6 Å². The summed E-state index contributed by atoms with van der Waals surface area (Å²) in [6, 6.07) is 7.17. The number of rotatable bonds is 11. The third kappa shape index (κ3) is 6.63. The van der Waals surface area contributed by atoms with Crippen LogP contribution in [0.1, 0.15) is 49.4 Å². The summed E-state index contributed by atoms with van der Waals surface area (Å²) >= 11 is 13.4. The van der Waals surface area contributed by atoms with E-state index in [0.717, 1.165) is 36.6 Å². The second-order valence-corrected chi connectivity index (χ2v) is 9.98. The molecule has 4 rings (SSSR count). The second-order valence-electron chi connectivity index (χ2n) is 8.05. The number of carbonyl (C=O) groups excluding carboxylic acids is 2. The molecule has 0 radical (unpaired) electrons. The van der Waals surface area contributed by atoms with Crippen LogP contribution in [-0.4, -0.2) is 25.5 Å². The molecular weight excluding hydrogens is 539 g/mol. The van der Waals surface area contributed by atoms with Gasteiger partial charge in [0.25, 0.3) is 0 Å². The van der Waals surface area contributed by atoms with Gasteiger partial charge in [0.2, 0.25) is 0 Å². The molecule has 0 aliphatic heterocycles. The summed E-state index contributed by atoms with van der Waals surface area (Å²) in [4.78, 5) is 24.4. The number of hydrogen-bond donors (Lipinski definition) is 0. The highest BCUT2D eigenvalue weighted by atomic mass is 35.5. The number of thiophene rings is 1. The Kier molecular flexibility index (Phi) is 8.28. The van der Waals surface area contributed by atoms with Crippen LogP contribution < -0.4 is 14.2 Å². The van der Waals surface area contributed by atoms with Crippen molar-refractivity contribution in [1.82, 2.24) is 0 Å². The van der Waals surface area contributed by atoms with Crippen molar-refractivity contribution in [3.63, 3.8) is 0 Å². The van der Waals surface area contributed by atoms with Crippen molar-refractivity contribution in [3.05, 3.63) is 78.9 Å². The minimum atomic E-state index is -3.06. The summed E-state index contributed by atoms with van der Waals surface area (Å²) in [6.07, 6.45) is 3.78. The van der Waals surface area contributed by atoms with Crippen LogP contribution in [0.3, 0.4) is 0 Å². The van der Waals surface area contributed by atoms with Gasteiger partial charge in [-0.05, 0) is 48.6 Å². The summed E-state index contributed by atoms with van der Waals surface area (Å²) in [6.45, 7) is -2.73. The van der Waals surface area contributed by atoms with Gasteiger partial charge in [-0.3, -0.25) is 4.79 Å². The fourth-order valence-corrected chi connectivity index (χ4v) is 4.68. The second kappa shape index (κ2) is 11.4. The van der Waals surface area contributed by atoms with E-state index in [1.807, 2.05) is 0 Å². The number of halogens is 4.